The lowest BCUT2D eigenvalue weighted by atomic mass is 9.98. The van der Waals surface area contributed by atoms with Crippen molar-refractivity contribution in [2.24, 2.45) is 0 Å². The summed E-state index contributed by atoms with van der Waals surface area (Å²) in [5, 5.41) is 16.7. The molecule has 2 aliphatic rings. The standard InChI is InChI=1S/C24H22N4O/c1-15-5-2-10-21(28-14-16(12-25)13-26-28)22(15)24(29)27-23-19-8-3-6-17(19)11-18-7-4-9-20(18)23/h2,5,10-11,13-14H,3-4,6-9H2,1H3,(H,27,29). The number of nitrogens with one attached hydrogen (secondary N) is 1. The van der Waals surface area contributed by atoms with Crippen LogP contribution in [0, 0.1) is 18.3 Å². The van der Waals surface area contributed by atoms with Gasteiger partial charge >= 0.3 is 0 Å². The number of carbonyl (C=O) groups is 1. The molecule has 1 aromatic heterocycles. The molecule has 29 heavy (non-hydrogen) atoms. The summed E-state index contributed by atoms with van der Waals surface area (Å²) in [5.41, 5.74) is 9.13. The van der Waals surface area contributed by atoms with E-state index >= 15 is 0 Å². The van der Waals surface area contributed by atoms with Crippen molar-refractivity contribution in [2.45, 2.75) is 45.4 Å². The van der Waals surface area contributed by atoms with Gasteiger partial charge in [0.1, 0.15) is 6.07 Å². The molecule has 2 aromatic carbocycles. The first-order valence-electron chi connectivity index (χ1n) is 10.2. The van der Waals surface area contributed by atoms with Crippen LogP contribution in [0.25, 0.3) is 5.69 Å². The summed E-state index contributed by atoms with van der Waals surface area (Å²) in [6.07, 6.45) is 9.75. The summed E-state index contributed by atoms with van der Waals surface area (Å²) in [6.45, 7) is 1.94. The molecule has 1 amide bonds. The van der Waals surface area contributed by atoms with Crippen molar-refractivity contribution in [3.05, 3.63) is 75.6 Å². The number of nitrogens with zero attached hydrogens (tertiary/aromatic N) is 3. The normalized spacial score (nSPS) is 14.3. The van der Waals surface area contributed by atoms with E-state index in [1.807, 2.05) is 25.1 Å². The van der Waals surface area contributed by atoms with Crippen LogP contribution in [0.2, 0.25) is 0 Å². The molecule has 5 heteroatoms. The van der Waals surface area contributed by atoms with Crippen LogP contribution >= 0.6 is 0 Å². The minimum Gasteiger partial charge on any atom is -0.321 e. The van der Waals surface area contributed by atoms with Gasteiger partial charge in [-0.3, -0.25) is 4.79 Å². The molecule has 0 bridgehead atoms. The third kappa shape index (κ3) is 2.92. The monoisotopic (exact) mass is 382 g/mol. The highest BCUT2D eigenvalue weighted by Crippen LogP contribution is 2.39. The molecule has 0 aliphatic heterocycles. The van der Waals surface area contributed by atoms with E-state index < -0.39 is 0 Å². The van der Waals surface area contributed by atoms with Crippen molar-refractivity contribution in [3.8, 4) is 11.8 Å². The summed E-state index contributed by atoms with van der Waals surface area (Å²) in [5.74, 6) is -0.110. The number of anilines is 1. The molecule has 0 atom stereocenters. The van der Waals surface area contributed by atoms with E-state index in [0.29, 0.717) is 16.8 Å². The van der Waals surface area contributed by atoms with Crippen molar-refractivity contribution in [1.29, 1.82) is 5.26 Å². The van der Waals surface area contributed by atoms with Crippen molar-refractivity contribution >= 4 is 11.6 Å². The highest BCUT2D eigenvalue weighted by molar-refractivity contribution is 6.08. The van der Waals surface area contributed by atoms with Gasteiger partial charge < -0.3 is 5.32 Å². The van der Waals surface area contributed by atoms with Gasteiger partial charge in [0.2, 0.25) is 0 Å². The Morgan fingerprint density at radius 2 is 1.86 bits per heavy atom. The van der Waals surface area contributed by atoms with E-state index in [4.69, 9.17) is 5.26 Å². The Morgan fingerprint density at radius 1 is 1.14 bits per heavy atom. The molecule has 1 N–H and O–H groups in total. The molecule has 144 valence electrons. The first kappa shape index (κ1) is 17.7. The smallest absolute Gasteiger partial charge is 0.258 e. The zero-order valence-electron chi connectivity index (χ0n) is 16.5. The maximum Gasteiger partial charge on any atom is 0.258 e. The molecule has 0 fully saturated rings. The predicted octanol–water partition coefficient (Wildman–Crippen LogP) is 4.28. The quantitative estimate of drug-likeness (QED) is 0.735. The van der Waals surface area contributed by atoms with E-state index in [9.17, 15) is 4.79 Å². The van der Waals surface area contributed by atoms with E-state index in [2.05, 4.69) is 22.6 Å². The topological polar surface area (TPSA) is 70.7 Å². The molecule has 5 nitrogen and oxygen atoms in total. The second-order valence-corrected chi connectivity index (χ2v) is 7.94. The van der Waals surface area contributed by atoms with Crippen LogP contribution in [0.4, 0.5) is 5.69 Å². The number of amides is 1. The summed E-state index contributed by atoms with van der Waals surface area (Å²) in [6, 6.07) is 10.2. The Hall–Kier alpha value is -3.39. The van der Waals surface area contributed by atoms with Gasteiger partial charge in [0.25, 0.3) is 5.91 Å². The zero-order chi connectivity index (χ0) is 20.0. The summed E-state index contributed by atoms with van der Waals surface area (Å²) < 4.78 is 1.61. The van der Waals surface area contributed by atoms with Gasteiger partial charge in [0, 0.05) is 11.9 Å². The van der Waals surface area contributed by atoms with E-state index in [1.165, 1.54) is 28.5 Å². The lowest BCUT2D eigenvalue weighted by Crippen LogP contribution is -2.19. The van der Waals surface area contributed by atoms with Crippen LogP contribution < -0.4 is 5.32 Å². The van der Waals surface area contributed by atoms with Crippen molar-refractivity contribution < 1.29 is 4.79 Å². The second-order valence-electron chi connectivity index (χ2n) is 7.94. The van der Waals surface area contributed by atoms with E-state index in [0.717, 1.165) is 49.8 Å². The first-order valence-corrected chi connectivity index (χ1v) is 10.2. The van der Waals surface area contributed by atoms with Gasteiger partial charge in [0.05, 0.1) is 23.0 Å². The van der Waals surface area contributed by atoms with Crippen LogP contribution in [-0.4, -0.2) is 15.7 Å². The van der Waals surface area contributed by atoms with Crippen LogP contribution in [0.15, 0.2) is 36.7 Å². The number of fused-ring (bicyclic) bond motifs is 2. The average Bonchev–Trinajstić information content (AvgIpc) is 3.47. The third-order valence-corrected chi connectivity index (χ3v) is 6.15. The van der Waals surface area contributed by atoms with Crippen molar-refractivity contribution in [2.75, 3.05) is 5.32 Å². The van der Waals surface area contributed by atoms with Crippen LogP contribution in [0.3, 0.4) is 0 Å². The zero-order valence-corrected chi connectivity index (χ0v) is 16.5. The van der Waals surface area contributed by atoms with Gasteiger partial charge in [-0.2, -0.15) is 10.4 Å². The Kier molecular flexibility index (Phi) is 4.21. The van der Waals surface area contributed by atoms with Crippen molar-refractivity contribution in [3.63, 3.8) is 0 Å². The average molecular weight is 382 g/mol. The number of aryl methyl sites for hydroxylation is 3. The fourth-order valence-electron chi connectivity index (χ4n) is 4.79. The van der Waals surface area contributed by atoms with Crippen LogP contribution in [0.1, 0.15) is 56.6 Å². The minimum absolute atomic E-state index is 0.110. The summed E-state index contributed by atoms with van der Waals surface area (Å²) >= 11 is 0. The van der Waals surface area contributed by atoms with E-state index in [-0.39, 0.29) is 5.91 Å². The van der Waals surface area contributed by atoms with Gasteiger partial charge in [-0.15, -0.1) is 0 Å². The molecular weight excluding hydrogens is 360 g/mol. The summed E-state index contributed by atoms with van der Waals surface area (Å²) in [7, 11) is 0. The highest BCUT2D eigenvalue weighted by atomic mass is 16.1. The van der Waals surface area contributed by atoms with Gasteiger partial charge in [-0.05, 0) is 79.3 Å². The Balaban J connectivity index is 1.58. The number of carbonyl (C=O) groups excluding carboxylic acids is 1. The summed E-state index contributed by atoms with van der Waals surface area (Å²) in [4.78, 5) is 13.5. The molecule has 0 spiro atoms. The Labute approximate surface area is 170 Å². The molecule has 2 aliphatic carbocycles. The first-order chi connectivity index (χ1) is 14.2. The van der Waals surface area contributed by atoms with Crippen LogP contribution in [-0.2, 0) is 25.7 Å². The Bertz CT molecular complexity index is 1150. The SMILES string of the molecule is Cc1cccc(-n2cc(C#N)cn2)c1C(=O)Nc1c2c(cc3c1CCC3)CCC2. The third-order valence-electron chi connectivity index (χ3n) is 6.15. The van der Waals surface area contributed by atoms with Gasteiger partial charge in [0.15, 0.2) is 0 Å². The van der Waals surface area contributed by atoms with Crippen molar-refractivity contribution in [1.82, 2.24) is 9.78 Å². The van der Waals surface area contributed by atoms with Gasteiger partial charge in [-0.1, -0.05) is 18.2 Å². The Morgan fingerprint density at radius 3 is 2.52 bits per heavy atom. The predicted molar refractivity (Wildman–Crippen MR) is 111 cm³/mol. The minimum atomic E-state index is -0.110. The van der Waals surface area contributed by atoms with Gasteiger partial charge in [-0.25, -0.2) is 4.68 Å². The molecule has 1 heterocycles. The second kappa shape index (κ2) is 6.89. The number of rotatable bonds is 3. The number of hydrogen-bond donors (Lipinski definition) is 1. The number of aromatic nitrogens is 2. The molecular formula is C24H22N4O. The maximum absolute atomic E-state index is 13.5. The molecule has 0 radical (unpaired) electrons. The fourth-order valence-corrected chi connectivity index (χ4v) is 4.79. The lowest BCUT2D eigenvalue weighted by molar-refractivity contribution is 0.102. The number of benzene rings is 2. The van der Waals surface area contributed by atoms with E-state index in [1.54, 1.807) is 10.9 Å². The largest absolute Gasteiger partial charge is 0.321 e. The number of nitriles is 1. The van der Waals surface area contributed by atoms with Crippen LogP contribution in [0.5, 0.6) is 0 Å². The molecule has 3 aromatic rings. The number of hydrogen-bond acceptors (Lipinski definition) is 3. The lowest BCUT2D eigenvalue weighted by Gasteiger charge is -2.18. The molecule has 0 saturated heterocycles. The molecule has 0 unspecified atom stereocenters. The fraction of sp³-hybridized carbons (Fsp3) is 0.292. The molecule has 0 saturated carbocycles. The highest BCUT2D eigenvalue weighted by Gasteiger charge is 2.26. The molecule has 5 rings (SSSR count). The maximum atomic E-state index is 13.5.